The van der Waals surface area contributed by atoms with Gasteiger partial charge in [-0.05, 0) is 26.2 Å². The number of nitrogens with two attached hydrogens (primary N) is 1. The molecule has 3 N–H and O–H groups in total. The highest BCUT2D eigenvalue weighted by Crippen LogP contribution is 2.44. The molecule has 0 aromatic rings. The first-order valence-electron chi connectivity index (χ1n) is 8.00. The van der Waals surface area contributed by atoms with Crippen LogP contribution in [0.3, 0.4) is 0 Å². The van der Waals surface area contributed by atoms with Gasteiger partial charge in [0.25, 0.3) is 0 Å². The smallest absolute Gasteiger partial charge is 0.0687 e. The monoisotopic (exact) mass is 255 g/mol. The molecule has 0 bridgehead atoms. The van der Waals surface area contributed by atoms with Gasteiger partial charge in [0.1, 0.15) is 0 Å². The van der Waals surface area contributed by atoms with Gasteiger partial charge in [0, 0.05) is 12.0 Å². The van der Waals surface area contributed by atoms with E-state index >= 15 is 0 Å². The van der Waals surface area contributed by atoms with Gasteiger partial charge in [-0.2, -0.15) is 0 Å². The maximum absolute atomic E-state index is 11.0. The molecule has 0 aliphatic heterocycles. The van der Waals surface area contributed by atoms with Crippen molar-refractivity contribution >= 4 is 0 Å². The molecule has 0 radical (unpaired) electrons. The fourth-order valence-corrected chi connectivity index (χ4v) is 3.53. The molecule has 2 nitrogen and oxygen atoms in total. The lowest BCUT2D eigenvalue weighted by molar-refractivity contribution is -0.0869. The van der Waals surface area contributed by atoms with E-state index in [9.17, 15) is 5.11 Å². The summed E-state index contributed by atoms with van der Waals surface area (Å²) in [5, 5.41) is 11.0. The average molecular weight is 255 g/mol. The normalized spacial score (nSPS) is 24.0. The molecule has 18 heavy (non-hydrogen) atoms. The Morgan fingerprint density at radius 3 is 2.11 bits per heavy atom. The van der Waals surface area contributed by atoms with Crippen molar-refractivity contribution in [3.05, 3.63) is 0 Å². The van der Waals surface area contributed by atoms with Crippen molar-refractivity contribution in [3.8, 4) is 0 Å². The molecule has 0 aromatic heterocycles. The molecule has 0 amide bonds. The van der Waals surface area contributed by atoms with Crippen molar-refractivity contribution in [1.29, 1.82) is 0 Å². The number of unbranched alkanes of at least 4 members (excludes halogenated alkanes) is 2. The lowest BCUT2D eigenvalue weighted by atomic mass is 9.64. The van der Waals surface area contributed by atoms with Crippen molar-refractivity contribution < 1.29 is 5.11 Å². The van der Waals surface area contributed by atoms with Gasteiger partial charge in [-0.1, -0.05) is 58.3 Å². The number of hydrogen-bond acceptors (Lipinski definition) is 2. The lowest BCUT2D eigenvalue weighted by Gasteiger charge is -2.46. The Bertz CT molecular complexity index is 217. The molecule has 1 aliphatic carbocycles. The molecule has 1 atom stereocenters. The molecule has 0 heterocycles. The third-order valence-electron chi connectivity index (χ3n) is 5.11. The summed E-state index contributed by atoms with van der Waals surface area (Å²) in [6.07, 6.45) is 13.2. The van der Waals surface area contributed by atoms with Gasteiger partial charge < -0.3 is 10.8 Å². The van der Waals surface area contributed by atoms with Crippen LogP contribution in [0.2, 0.25) is 0 Å². The second-order valence-corrected chi connectivity index (χ2v) is 6.48. The van der Waals surface area contributed by atoms with Gasteiger partial charge in [0.2, 0.25) is 0 Å². The third kappa shape index (κ3) is 3.96. The molecule has 108 valence electrons. The van der Waals surface area contributed by atoms with E-state index < -0.39 is 5.60 Å². The zero-order chi connectivity index (χ0) is 13.5. The number of rotatable bonds is 6. The van der Waals surface area contributed by atoms with Gasteiger partial charge >= 0.3 is 0 Å². The van der Waals surface area contributed by atoms with Crippen LogP contribution in [0.25, 0.3) is 0 Å². The summed E-state index contributed by atoms with van der Waals surface area (Å²) in [5.74, 6) is 0. The SMILES string of the molecule is CCCCCC(C)(O)C1(CN)CCCCCCC1. The first kappa shape index (κ1) is 16.0. The molecule has 2 heteroatoms. The molecular weight excluding hydrogens is 222 g/mol. The zero-order valence-electron chi connectivity index (χ0n) is 12.5. The predicted octanol–water partition coefficient (Wildman–Crippen LogP) is 4.01. The summed E-state index contributed by atoms with van der Waals surface area (Å²) in [6.45, 7) is 4.90. The van der Waals surface area contributed by atoms with E-state index in [1.54, 1.807) is 0 Å². The van der Waals surface area contributed by atoms with Crippen molar-refractivity contribution in [2.24, 2.45) is 11.1 Å². The van der Waals surface area contributed by atoms with Crippen molar-refractivity contribution in [3.63, 3.8) is 0 Å². The second kappa shape index (κ2) is 7.49. The van der Waals surface area contributed by atoms with Crippen LogP contribution in [0.15, 0.2) is 0 Å². The van der Waals surface area contributed by atoms with E-state index in [0.29, 0.717) is 6.54 Å². The first-order valence-corrected chi connectivity index (χ1v) is 8.00. The molecule has 0 spiro atoms. The van der Waals surface area contributed by atoms with Gasteiger partial charge in [-0.25, -0.2) is 0 Å². The molecule has 0 aromatic carbocycles. The maximum atomic E-state index is 11.0. The van der Waals surface area contributed by atoms with Crippen LogP contribution < -0.4 is 5.73 Å². The van der Waals surface area contributed by atoms with E-state index in [-0.39, 0.29) is 5.41 Å². The zero-order valence-corrected chi connectivity index (χ0v) is 12.5. The third-order valence-corrected chi connectivity index (χ3v) is 5.11. The fourth-order valence-electron chi connectivity index (χ4n) is 3.53. The van der Waals surface area contributed by atoms with Crippen molar-refractivity contribution in [2.45, 2.75) is 90.1 Å². The highest BCUT2D eigenvalue weighted by molar-refractivity contribution is 4.97. The lowest BCUT2D eigenvalue weighted by Crippen LogP contribution is -2.51. The van der Waals surface area contributed by atoms with E-state index in [1.165, 1.54) is 44.9 Å². The number of aliphatic hydroxyl groups is 1. The van der Waals surface area contributed by atoms with Crippen molar-refractivity contribution in [1.82, 2.24) is 0 Å². The van der Waals surface area contributed by atoms with Gasteiger partial charge in [-0.3, -0.25) is 0 Å². The Balaban J connectivity index is 2.68. The fraction of sp³-hybridized carbons (Fsp3) is 1.00. The summed E-state index contributed by atoms with van der Waals surface area (Å²) in [7, 11) is 0. The van der Waals surface area contributed by atoms with Crippen molar-refractivity contribution in [2.75, 3.05) is 6.54 Å². The molecule has 1 unspecified atom stereocenters. The van der Waals surface area contributed by atoms with Crippen LogP contribution in [-0.4, -0.2) is 17.3 Å². The molecule has 0 saturated heterocycles. The summed E-state index contributed by atoms with van der Waals surface area (Å²) in [5.41, 5.74) is 5.49. The largest absolute Gasteiger partial charge is 0.390 e. The Kier molecular flexibility index (Phi) is 6.65. The molecule has 1 rings (SSSR count). The molecule has 1 aliphatic rings. The highest BCUT2D eigenvalue weighted by Gasteiger charge is 2.44. The van der Waals surface area contributed by atoms with Gasteiger partial charge in [0.05, 0.1) is 5.60 Å². The first-order chi connectivity index (χ1) is 8.58. The summed E-state index contributed by atoms with van der Waals surface area (Å²) in [4.78, 5) is 0. The topological polar surface area (TPSA) is 46.2 Å². The van der Waals surface area contributed by atoms with Crippen LogP contribution in [0.1, 0.15) is 84.5 Å². The quantitative estimate of drug-likeness (QED) is 0.704. The minimum Gasteiger partial charge on any atom is -0.390 e. The average Bonchev–Trinajstić information content (AvgIpc) is 2.29. The van der Waals surface area contributed by atoms with E-state index in [2.05, 4.69) is 6.92 Å². The van der Waals surface area contributed by atoms with Crippen LogP contribution in [0, 0.1) is 5.41 Å². The summed E-state index contributed by atoms with van der Waals surface area (Å²) in [6, 6.07) is 0. The van der Waals surface area contributed by atoms with Crippen LogP contribution in [0.4, 0.5) is 0 Å². The number of hydrogen-bond donors (Lipinski definition) is 2. The van der Waals surface area contributed by atoms with Gasteiger partial charge in [0.15, 0.2) is 0 Å². The second-order valence-electron chi connectivity index (χ2n) is 6.48. The van der Waals surface area contributed by atoms with E-state index in [1.807, 2.05) is 6.92 Å². The Morgan fingerprint density at radius 2 is 1.61 bits per heavy atom. The minimum atomic E-state index is -0.575. The van der Waals surface area contributed by atoms with Crippen LogP contribution in [0.5, 0.6) is 0 Å². The van der Waals surface area contributed by atoms with E-state index in [0.717, 1.165) is 25.7 Å². The summed E-state index contributed by atoms with van der Waals surface area (Å²) < 4.78 is 0. The minimum absolute atomic E-state index is 0.0266. The maximum Gasteiger partial charge on any atom is 0.0687 e. The highest BCUT2D eigenvalue weighted by atomic mass is 16.3. The molecule has 1 saturated carbocycles. The van der Waals surface area contributed by atoms with E-state index in [4.69, 9.17) is 5.73 Å². The Morgan fingerprint density at radius 1 is 1.06 bits per heavy atom. The van der Waals surface area contributed by atoms with Crippen LogP contribution >= 0.6 is 0 Å². The summed E-state index contributed by atoms with van der Waals surface area (Å²) >= 11 is 0. The van der Waals surface area contributed by atoms with Crippen LogP contribution in [-0.2, 0) is 0 Å². The Hall–Kier alpha value is -0.0800. The molecule has 1 fully saturated rings. The standard InChI is InChI=1S/C16H33NO/c1-3-4-8-11-15(2,18)16(14-17)12-9-6-5-7-10-13-16/h18H,3-14,17H2,1-2H3. The Labute approximate surface area is 113 Å². The molecular formula is C16H33NO. The predicted molar refractivity (Wildman–Crippen MR) is 78.6 cm³/mol. The van der Waals surface area contributed by atoms with Gasteiger partial charge in [-0.15, -0.1) is 0 Å².